The number of nitrogens with one attached hydrogen (secondary N) is 1. The fourth-order valence-electron chi connectivity index (χ4n) is 2.87. The van der Waals surface area contributed by atoms with Crippen LogP contribution in [0.4, 0.5) is 0 Å². The highest BCUT2D eigenvalue weighted by Crippen LogP contribution is 2.21. The van der Waals surface area contributed by atoms with Crippen molar-refractivity contribution in [2.45, 2.75) is 39.3 Å². The SMILES string of the molecule is CCCn1ccnc1Cc1cccc2c1CNCC2. The van der Waals surface area contributed by atoms with Crippen LogP contribution in [0.25, 0.3) is 0 Å². The zero-order valence-electron chi connectivity index (χ0n) is 11.5. The fourth-order valence-corrected chi connectivity index (χ4v) is 2.87. The van der Waals surface area contributed by atoms with Gasteiger partial charge in [-0.3, -0.25) is 0 Å². The summed E-state index contributed by atoms with van der Waals surface area (Å²) < 4.78 is 2.27. The zero-order chi connectivity index (χ0) is 13.1. The molecule has 3 nitrogen and oxygen atoms in total. The molecule has 2 aromatic rings. The minimum absolute atomic E-state index is 0.942. The molecule has 0 atom stereocenters. The van der Waals surface area contributed by atoms with E-state index in [0.717, 1.165) is 38.9 Å². The van der Waals surface area contributed by atoms with E-state index >= 15 is 0 Å². The molecule has 1 N–H and O–H groups in total. The van der Waals surface area contributed by atoms with Crippen molar-refractivity contribution in [1.29, 1.82) is 0 Å². The second kappa shape index (κ2) is 5.57. The maximum atomic E-state index is 4.52. The summed E-state index contributed by atoms with van der Waals surface area (Å²) in [6, 6.07) is 6.70. The summed E-state index contributed by atoms with van der Waals surface area (Å²) in [5, 5.41) is 3.47. The van der Waals surface area contributed by atoms with Gasteiger partial charge in [0.1, 0.15) is 5.82 Å². The first-order chi connectivity index (χ1) is 9.38. The lowest BCUT2D eigenvalue weighted by Gasteiger charge is -2.20. The van der Waals surface area contributed by atoms with Crippen molar-refractivity contribution in [3.05, 3.63) is 53.1 Å². The summed E-state index contributed by atoms with van der Waals surface area (Å²) in [6.45, 7) is 5.36. The minimum Gasteiger partial charge on any atom is -0.335 e. The Kier molecular flexibility index (Phi) is 3.65. The molecular weight excluding hydrogens is 234 g/mol. The number of nitrogens with zero attached hydrogens (tertiary/aromatic N) is 2. The van der Waals surface area contributed by atoms with Crippen LogP contribution in [0.1, 0.15) is 35.9 Å². The average molecular weight is 255 g/mol. The first kappa shape index (κ1) is 12.4. The van der Waals surface area contributed by atoms with E-state index in [1.165, 1.54) is 22.5 Å². The Balaban J connectivity index is 1.88. The molecule has 0 radical (unpaired) electrons. The largest absolute Gasteiger partial charge is 0.335 e. The molecule has 100 valence electrons. The van der Waals surface area contributed by atoms with Crippen LogP contribution in [0.3, 0.4) is 0 Å². The number of hydrogen-bond acceptors (Lipinski definition) is 2. The van der Waals surface area contributed by atoms with Crippen LogP contribution in [0.5, 0.6) is 0 Å². The molecular formula is C16H21N3. The molecule has 0 unspecified atom stereocenters. The highest BCUT2D eigenvalue weighted by molar-refractivity contribution is 5.38. The van der Waals surface area contributed by atoms with Gasteiger partial charge in [0.15, 0.2) is 0 Å². The monoisotopic (exact) mass is 255 g/mol. The van der Waals surface area contributed by atoms with Crippen molar-refractivity contribution >= 4 is 0 Å². The number of benzene rings is 1. The summed E-state index contributed by atoms with van der Waals surface area (Å²) in [6.07, 6.45) is 7.24. The van der Waals surface area contributed by atoms with Crippen molar-refractivity contribution in [2.75, 3.05) is 6.54 Å². The second-order valence-corrected chi connectivity index (χ2v) is 5.20. The van der Waals surface area contributed by atoms with Gasteiger partial charge in [-0.15, -0.1) is 0 Å². The van der Waals surface area contributed by atoms with Gasteiger partial charge in [-0.1, -0.05) is 25.1 Å². The van der Waals surface area contributed by atoms with E-state index < -0.39 is 0 Å². The maximum absolute atomic E-state index is 4.52. The van der Waals surface area contributed by atoms with Crippen LogP contribution in [-0.2, 0) is 25.9 Å². The van der Waals surface area contributed by atoms with Gasteiger partial charge in [0, 0.05) is 31.9 Å². The van der Waals surface area contributed by atoms with Crippen molar-refractivity contribution in [3.63, 3.8) is 0 Å². The molecule has 0 bridgehead atoms. The molecule has 1 aliphatic rings. The second-order valence-electron chi connectivity index (χ2n) is 5.20. The Hall–Kier alpha value is -1.61. The molecule has 3 rings (SSSR count). The molecule has 0 saturated carbocycles. The van der Waals surface area contributed by atoms with E-state index in [0.29, 0.717) is 0 Å². The lowest BCUT2D eigenvalue weighted by atomic mass is 9.94. The lowest BCUT2D eigenvalue weighted by molar-refractivity contribution is 0.628. The molecule has 3 heteroatoms. The van der Waals surface area contributed by atoms with Crippen LogP contribution in [0.15, 0.2) is 30.6 Å². The quantitative estimate of drug-likeness (QED) is 0.910. The van der Waals surface area contributed by atoms with Crippen LogP contribution in [0.2, 0.25) is 0 Å². The number of aromatic nitrogens is 2. The Bertz CT molecular complexity index is 557. The summed E-state index contributed by atoms with van der Waals surface area (Å²) in [5.74, 6) is 1.18. The standard InChI is InChI=1S/C16H21N3/c1-2-9-19-10-8-18-16(19)11-14-5-3-4-13-6-7-17-12-15(13)14/h3-5,8,10,17H,2,6-7,9,11-12H2,1H3. The van der Waals surface area contributed by atoms with Crippen molar-refractivity contribution < 1.29 is 0 Å². The molecule has 2 heterocycles. The highest BCUT2D eigenvalue weighted by atomic mass is 15.1. The Morgan fingerprint density at radius 3 is 3.21 bits per heavy atom. The van der Waals surface area contributed by atoms with Gasteiger partial charge in [0.25, 0.3) is 0 Å². The third kappa shape index (κ3) is 2.56. The zero-order valence-corrected chi connectivity index (χ0v) is 11.5. The summed E-state index contributed by atoms with van der Waals surface area (Å²) in [7, 11) is 0. The van der Waals surface area contributed by atoms with Crippen molar-refractivity contribution in [3.8, 4) is 0 Å². The predicted molar refractivity (Wildman–Crippen MR) is 77.2 cm³/mol. The van der Waals surface area contributed by atoms with Gasteiger partial charge in [-0.25, -0.2) is 4.98 Å². The van der Waals surface area contributed by atoms with Gasteiger partial charge in [0.05, 0.1) is 0 Å². The van der Waals surface area contributed by atoms with Gasteiger partial charge in [0.2, 0.25) is 0 Å². The van der Waals surface area contributed by atoms with Gasteiger partial charge < -0.3 is 9.88 Å². The molecule has 19 heavy (non-hydrogen) atoms. The van der Waals surface area contributed by atoms with Gasteiger partial charge >= 0.3 is 0 Å². The summed E-state index contributed by atoms with van der Waals surface area (Å²) in [4.78, 5) is 4.52. The first-order valence-corrected chi connectivity index (χ1v) is 7.19. The molecule has 0 amide bonds. The van der Waals surface area contributed by atoms with Crippen LogP contribution in [-0.4, -0.2) is 16.1 Å². The molecule has 1 aliphatic heterocycles. The predicted octanol–water partition coefficient (Wildman–Crippen LogP) is 2.53. The van der Waals surface area contributed by atoms with E-state index in [1.54, 1.807) is 0 Å². The number of hydrogen-bond donors (Lipinski definition) is 1. The smallest absolute Gasteiger partial charge is 0.113 e. The fraction of sp³-hybridized carbons (Fsp3) is 0.438. The Morgan fingerprint density at radius 1 is 1.37 bits per heavy atom. The third-order valence-electron chi connectivity index (χ3n) is 3.86. The first-order valence-electron chi connectivity index (χ1n) is 7.19. The Labute approximate surface area is 114 Å². The number of fused-ring (bicyclic) bond motifs is 1. The topological polar surface area (TPSA) is 29.9 Å². The molecule has 0 saturated heterocycles. The molecule has 1 aromatic carbocycles. The maximum Gasteiger partial charge on any atom is 0.113 e. The summed E-state index contributed by atoms with van der Waals surface area (Å²) >= 11 is 0. The highest BCUT2D eigenvalue weighted by Gasteiger charge is 2.14. The Morgan fingerprint density at radius 2 is 2.32 bits per heavy atom. The molecule has 1 aromatic heterocycles. The molecule has 0 fully saturated rings. The summed E-state index contributed by atoms with van der Waals surface area (Å²) in [5.41, 5.74) is 4.41. The number of imidazole rings is 1. The van der Waals surface area contributed by atoms with E-state index in [9.17, 15) is 0 Å². The van der Waals surface area contributed by atoms with Crippen LogP contribution >= 0.6 is 0 Å². The molecule has 0 aliphatic carbocycles. The van der Waals surface area contributed by atoms with Crippen LogP contribution in [0, 0.1) is 0 Å². The minimum atomic E-state index is 0.942. The van der Waals surface area contributed by atoms with E-state index in [2.05, 4.69) is 46.2 Å². The number of rotatable bonds is 4. The van der Waals surface area contributed by atoms with Gasteiger partial charge in [-0.05, 0) is 36.1 Å². The molecule has 0 spiro atoms. The van der Waals surface area contributed by atoms with Crippen LogP contribution < -0.4 is 5.32 Å². The normalized spacial score (nSPS) is 14.4. The van der Waals surface area contributed by atoms with E-state index in [-0.39, 0.29) is 0 Å². The van der Waals surface area contributed by atoms with E-state index in [1.807, 2.05) is 6.20 Å². The van der Waals surface area contributed by atoms with Crippen molar-refractivity contribution in [1.82, 2.24) is 14.9 Å². The number of aryl methyl sites for hydroxylation is 1. The lowest BCUT2D eigenvalue weighted by Crippen LogP contribution is -2.25. The average Bonchev–Trinajstić information content (AvgIpc) is 2.87. The third-order valence-corrected chi connectivity index (χ3v) is 3.86. The van der Waals surface area contributed by atoms with Crippen molar-refractivity contribution in [2.24, 2.45) is 0 Å². The van der Waals surface area contributed by atoms with E-state index in [4.69, 9.17) is 0 Å². The van der Waals surface area contributed by atoms with Gasteiger partial charge in [-0.2, -0.15) is 0 Å².